The quantitative estimate of drug-likeness (QED) is 0.478. The van der Waals surface area contributed by atoms with Gasteiger partial charge in [0, 0.05) is 16.9 Å². The lowest BCUT2D eigenvalue weighted by Gasteiger charge is -2.11. The molecular weight excluding hydrogens is 396 g/mol. The standard InChI is InChI=1S/C17H12BrClN2O3/c1-9-7-10(18)8-13(19)15(9)24-17(23)14-11-5-3-4-6-12(11)16(22)21(2)20-14/h3-8H,1-2H3. The van der Waals surface area contributed by atoms with E-state index in [0.29, 0.717) is 21.4 Å². The Bertz CT molecular complexity index is 1010. The van der Waals surface area contributed by atoms with Crippen molar-refractivity contribution in [3.63, 3.8) is 0 Å². The molecule has 0 aliphatic heterocycles. The number of hydrogen-bond donors (Lipinski definition) is 0. The normalized spacial score (nSPS) is 10.8. The van der Waals surface area contributed by atoms with E-state index in [2.05, 4.69) is 21.0 Å². The monoisotopic (exact) mass is 406 g/mol. The summed E-state index contributed by atoms with van der Waals surface area (Å²) < 4.78 is 7.36. The molecular formula is C17H12BrClN2O3. The number of nitrogens with zero attached hydrogens (tertiary/aromatic N) is 2. The van der Waals surface area contributed by atoms with E-state index in [4.69, 9.17) is 16.3 Å². The second kappa shape index (κ2) is 6.37. The predicted octanol–water partition coefficient (Wildman–Crippen LogP) is 3.88. The Hall–Kier alpha value is -2.18. The number of aromatic nitrogens is 2. The lowest BCUT2D eigenvalue weighted by Crippen LogP contribution is -2.24. The summed E-state index contributed by atoms with van der Waals surface area (Å²) in [6.45, 7) is 1.78. The van der Waals surface area contributed by atoms with E-state index in [1.54, 1.807) is 43.3 Å². The molecule has 0 atom stereocenters. The van der Waals surface area contributed by atoms with Crippen LogP contribution in [-0.4, -0.2) is 15.7 Å². The zero-order chi connectivity index (χ0) is 17.4. The fourth-order valence-electron chi connectivity index (χ4n) is 2.41. The van der Waals surface area contributed by atoms with Crippen molar-refractivity contribution < 1.29 is 9.53 Å². The molecule has 7 heteroatoms. The smallest absolute Gasteiger partial charge is 0.364 e. The maximum absolute atomic E-state index is 12.6. The summed E-state index contributed by atoms with van der Waals surface area (Å²) in [5.41, 5.74) is 0.489. The van der Waals surface area contributed by atoms with E-state index in [1.807, 2.05) is 0 Å². The molecule has 0 fully saturated rings. The Morgan fingerprint density at radius 3 is 2.58 bits per heavy atom. The second-order valence-corrected chi connectivity index (χ2v) is 6.57. The molecule has 0 aliphatic carbocycles. The van der Waals surface area contributed by atoms with Gasteiger partial charge in [0.15, 0.2) is 11.4 Å². The van der Waals surface area contributed by atoms with Crippen LogP contribution in [0.1, 0.15) is 16.1 Å². The molecule has 0 radical (unpaired) electrons. The first kappa shape index (κ1) is 16.7. The third-order valence-corrected chi connectivity index (χ3v) is 4.28. The maximum Gasteiger partial charge on any atom is 0.364 e. The third kappa shape index (κ3) is 2.95. The Balaban J connectivity index is 2.11. The largest absolute Gasteiger partial charge is 0.420 e. The average molecular weight is 408 g/mol. The first-order chi connectivity index (χ1) is 11.4. The number of fused-ring (bicyclic) bond motifs is 1. The van der Waals surface area contributed by atoms with Gasteiger partial charge >= 0.3 is 5.97 Å². The summed E-state index contributed by atoms with van der Waals surface area (Å²) in [6, 6.07) is 10.2. The van der Waals surface area contributed by atoms with Gasteiger partial charge in [-0.05, 0) is 30.7 Å². The summed E-state index contributed by atoms with van der Waals surface area (Å²) in [5, 5.41) is 5.21. The molecule has 1 aromatic heterocycles. The van der Waals surface area contributed by atoms with E-state index in [-0.39, 0.29) is 17.0 Å². The summed E-state index contributed by atoms with van der Waals surface area (Å²) >= 11 is 9.49. The molecule has 3 aromatic rings. The number of aryl methyl sites for hydroxylation is 2. The number of halogens is 2. The van der Waals surface area contributed by atoms with Crippen LogP contribution >= 0.6 is 27.5 Å². The number of esters is 1. The Labute approximate surface area is 150 Å². The van der Waals surface area contributed by atoms with E-state index in [9.17, 15) is 9.59 Å². The molecule has 0 N–H and O–H groups in total. The van der Waals surface area contributed by atoms with Crippen molar-refractivity contribution in [2.45, 2.75) is 6.92 Å². The minimum atomic E-state index is -0.672. The van der Waals surface area contributed by atoms with Crippen molar-refractivity contribution in [2.24, 2.45) is 7.05 Å². The lowest BCUT2D eigenvalue weighted by atomic mass is 10.1. The van der Waals surface area contributed by atoms with Crippen molar-refractivity contribution in [2.75, 3.05) is 0 Å². The van der Waals surface area contributed by atoms with Crippen LogP contribution in [0.2, 0.25) is 5.02 Å². The summed E-state index contributed by atoms with van der Waals surface area (Å²) in [4.78, 5) is 24.7. The number of rotatable bonds is 2. The molecule has 0 amide bonds. The Morgan fingerprint density at radius 1 is 1.25 bits per heavy atom. The SMILES string of the molecule is Cc1cc(Br)cc(Cl)c1OC(=O)c1nn(C)c(=O)c2ccccc12. The Kier molecular flexibility index (Phi) is 4.43. The van der Waals surface area contributed by atoms with Gasteiger partial charge in [0.05, 0.1) is 10.4 Å². The highest BCUT2D eigenvalue weighted by molar-refractivity contribution is 9.10. The van der Waals surface area contributed by atoms with Gasteiger partial charge in [-0.15, -0.1) is 0 Å². The zero-order valence-corrected chi connectivity index (χ0v) is 15.2. The molecule has 0 aliphatic rings. The van der Waals surface area contributed by atoms with E-state index < -0.39 is 5.97 Å². The van der Waals surface area contributed by atoms with Gasteiger partial charge in [0.2, 0.25) is 0 Å². The summed E-state index contributed by atoms with van der Waals surface area (Å²) in [6.07, 6.45) is 0. The van der Waals surface area contributed by atoms with Crippen LogP contribution in [0.5, 0.6) is 5.75 Å². The van der Waals surface area contributed by atoms with Crippen LogP contribution in [0.3, 0.4) is 0 Å². The van der Waals surface area contributed by atoms with Gasteiger partial charge in [-0.25, -0.2) is 9.48 Å². The predicted molar refractivity (Wildman–Crippen MR) is 95.8 cm³/mol. The van der Waals surface area contributed by atoms with Gasteiger partial charge in [-0.1, -0.05) is 45.7 Å². The molecule has 1 heterocycles. The highest BCUT2D eigenvalue weighted by Gasteiger charge is 2.20. The summed E-state index contributed by atoms with van der Waals surface area (Å²) in [5.74, 6) is -0.404. The third-order valence-electron chi connectivity index (χ3n) is 3.54. The van der Waals surface area contributed by atoms with Gasteiger partial charge in [-0.3, -0.25) is 4.79 Å². The highest BCUT2D eigenvalue weighted by atomic mass is 79.9. The summed E-state index contributed by atoms with van der Waals surface area (Å²) in [7, 11) is 1.49. The molecule has 0 unspecified atom stereocenters. The molecule has 3 rings (SSSR count). The van der Waals surface area contributed by atoms with E-state index in [1.165, 1.54) is 7.05 Å². The first-order valence-electron chi connectivity index (χ1n) is 7.02. The van der Waals surface area contributed by atoms with Crippen molar-refractivity contribution in [3.05, 3.63) is 67.5 Å². The fraction of sp³-hybridized carbons (Fsp3) is 0.118. The fourth-order valence-corrected chi connectivity index (χ4v) is 3.42. The van der Waals surface area contributed by atoms with Crippen LogP contribution in [0.4, 0.5) is 0 Å². The first-order valence-corrected chi connectivity index (χ1v) is 8.19. The average Bonchev–Trinajstić information content (AvgIpc) is 2.54. The van der Waals surface area contributed by atoms with E-state index >= 15 is 0 Å². The zero-order valence-electron chi connectivity index (χ0n) is 12.8. The number of carbonyl (C=O) groups is 1. The van der Waals surface area contributed by atoms with Crippen LogP contribution in [0, 0.1) is 6.92 Å². The van der Waals surface area contributed by atoms with Crippen LogP contribution in [0.15, 0.2) is 45.7 Å². The van der Waals surface area contributed by atoms with Crippen molar-refractivity contribution in [1.29, 1.82) is 0 Å². The van der Waals surface area contributed by atoms with Gasteiger partial charge < -0.3 is 4.74 Å². The van der Waals surface area contributed by atoms with Gasteiger partial charge in [-0.2, -0.15) is 5.10 Å². The molecule has 2 aromatic carbocycles. The molecule has 0 saturated heterocycles. The molecule has 5 nitrogen and oxygen atoms in total. The molecule has 0 spiro atoms. The number of ether oxygens (including phenoxy) is 1. The minimum Gasteiger partial charge on any atom is -0.420 e. The van der Waals surface area contributed by atoms with Crippen LogP contribution in [0.25, 0.3) is 10.8 Å². The number of hydrogen-bond acceptors (Lipinski definition) is 4. The molecule has 0 bridgehead atoms. The maximum atomic E-state index is 12.6. The van der Waals surface area contributed by atoms with Crippen molar-refractivity contribution in [3.8, 4) is 5.75 Å². The van der Waals surface area contributed by atoms with E-state index in [0.717, 1.165) is 9.15 Å². The Morgan fingerprint density at radius 2 is 1.92 bits per heavy atom. The van der Waals surface area contributed by atoms with Crippen molar-refractivity contribution in [1.82, 2.24) is 9.78 Å². The second-order valence-electron chi connectivity index (χ2n) is 5.25. The van der Waals surface area contributed by atoms with Crippen molar-refractivity contribution >= 4 is 44.3 Å². The topological polar surface area (TPSA) is 61.2 Å². The molecule has 24 heavy (non-hydrogen) atoms. The lowest BCUT2D eigenvalue weighted by molar-refractivity contribution is 0.0727. The number of benzene rings is 2. The van der Waals surface area contributed by atoms with Crippen LogP contribution in [-0.2, 0) is 7.05 Å². The number of carbonyl (C=O) groups excluding carboxylic acids is 1. The molecule has 0 saturated carbocycles. The highest BCUT2D eigenvalue weighted by Crippen LogP contribution is 2.32. The minimum absolute atomic E-state index is 0.0612. The van der Waals surface area contributed by atoms with Crippen LogP contribution < -0.4 is 10.3 Å². The van der Waals surface area contributed by atoms with Gasteiger partial charge in [0.25, 0.3) is 5.56 Å². The molecule has 122 valence electrons. The van der Waals surface area contributed by atoms with Gasteiger partial charge in [0.1, 0.15) is 0 Å².